The van der Waals surface area contributed by atoms with Crippen LogP contribution in [0.1, 0.15) is 32.3 Å². The molecule has 7 heteroatoms. The highest BCUT2D eigenvalue weighted by atomic mass is 35.5. The Bertz CT molecular complexity index is 557. The highest BCUT2D eigenvalue weighted by molar-refractivity contribution is 6.36. The summed E-state index contributed by atoms with van der Waals surface area (Å²) >= 11 is 12.0. The molecule has 0 atom stereocenters. The number of hydrogen-bond donors (Lipinski definition) is 3. The van der Waals surface area contributed by atoms with Crippen LogP contribution >= 0.6 is 23.2 Å². The number of carbonyl (C=O) groups excluding carboxylic acids is 1. The number of aryl methyl sites for hydroxylation is 1. The van der Waals surface area contributed by atoms with Gasteiger partial charge >= 0.3 is 12.0 Å². The minimum absolute atomic E-state index is 0.272. The SMILES string of the molecule is CCC(CC)(NC(=O)Nc1cc(Cl)c(C)cc1Cl)C(=O)O. The van der Waals surface area contributed by atoms with Crippen molar-refractivity contribution in [2.24, 2.45) is 0 Å². The zero-order valence-electron chi connectivity index (χ0n) is 12.1. The van der Waals surface area contributed by atoms with Gasteiger partial charge in [0.15, 0.2) is 0 Å². The monoisotopic (exact) mass is 332 g/mol. The standard InChI is InChI=1S/C14H18Cl2N2O3/c1-4-14(5-2,12(19)20)18-13(21)17-11-7-9(15)8(3)6-10(11)16/h6-7H,4-5H2,1-3H3,(H,19,20)(H2,17,18,21). The van der Waals surface area contributed by atoms with Gasteiger partial charge in [-0.05, 0) is 37.5 Å². The van der Waals surface area contributed by atoms with Crippen molar-refractivity contribution in [1.29, 1.82) is 0 Å². The van der Waals surface area contributed by atoms with E-state index in [0.29, 0.717) is 15.7 Å². The molecular formula is C14H18Cl2N2O3. The molecule has 5 nitrogen and oxygen atoms in total. The smallest absolute Gasteiger partial charge is 0.329 e. The molecule has 116 valence electrons. The van der Waals surface area contributed by atoms with Crippen molar-refractivity contribution in [3.63, 3.8) is 0 Å². The summed E-state index contributed by atoms with van der Waals surface area (Å²) in [5.74, 6) is -1.07. The van der Waals surface area contributed by atoms with E-state index in [0.717, 1.165) is 5.56 Å². The molecule has 0 saturated carbocycles. The molecule has 0 radical (unpaired) electrons. The van der Waals surface area contributed by atoms with Crippen LogP contribution in [0.15, 0.2) is 12.1 Å². The number of aliphatic carboxylic acids is 1. The first-order valence-corrected chi connectivity index (χ1v) is 7.29. The normalized spacial score (nSPS) is 11.1. The lowest BCUT2D eigenvalue weighted by Crippen LogP contribution is -2.55. The molecule has 1 rings (SSSR count). The van der Waals surface area contributed by atoms with Gasteiger partial charge in [0.1, 0.15) is 5.54 Å². The quantitative estimate of drug-likeness (QED) is 0.760. The van der Waals surface area contributed by atoms with Crippen LogP contribution in [0, 0.1) is 6.92 Å². The van der Waals surface area contributed by atoms with E-state index in [-0.39, 0.29) is 12.8 Å². The van der Waals surface area contributed by atoms with Crippen LogP contribution in [-0.4, -0.2) is 22.6 Å². The van der Waals surface area contributed by atoms with Crippen molar-refractivity contribution in [3.05, 3.63) is 27.7 Å². The summed E-state index contributed by atoms with van der Waals surface area (Å²) in [4.78, 5) is 23.4. The van der Waals surface area contributed by atoms with Crippen LogP contribution in [0.4, 0.5) is 10.5 Å². The van der Waals surface area contributed by atoms with Crippen LogP contribution in [0.3, 0.4) is 0 Å². The number of amides is 2. The molecule has 0 fully saturated rings. The number of halogens is 2. The summed E-state index contributed by atoms with van der Waals surface area (Å²) in [6.07, 6.45) is 0.545. The number of carboxylic acid groups (broad SMARTS) is 1. The van der Waals surface area contributed by atoms with E-state index in [1.165, 1.54) is 6.07 Å². The van der Waals surface area contributed by atoms with E-state index in [9.17, 15) is 14.7 Å². The Kier molecular flexibility index (Phi) is 5.87. The second-order valence-electron chi connectivity index (χ2n) is 4.75. The van der Waals surface area contributed by atoms with Crippen molar-refractivity contribution in [3.8, 4) is 0 Å². The summed E-state index contributed by atoms with van der Waals surface area (Å²) in [5.41, 5.74) is -0.184. The molecule has 21 heavy (non-hydrogen) atoms. The fraction of sp³-hybridized carbons (Fsp3) is 0.429. The molecule has 0 saturated heterocycles. The van der Waals surface area contributed by atoms with Gasteiger partial charge < -0.3 is 15.7 Å². The van der Waals surface area contributed by atoms with Gasteiger partial charge in [-0.15, -0.1) is 0 Å². The number of urea groups is 1. The van der Waals surface area contributed by atoms with Crippen LogP contribution in [-0.2, 0) is 4.79 Å². The Morgan fingerprint density at radius 3 is 2.24 bits per heavy atom. The number of anilines is 1. The van der Waals surface area contributed by atoms with E-state index in [1.807, 2.05) is 0 Å². The predicted molar refractivity (Wildman–Crippen MR) is 84.3 cm³/mol. The fourth-order valence-electron chi connectivity index (χ4n) is 1.90. The lowest BCUT2D eigenvalue weighted by atomic mass is 9.93. The maximum atomic E-state index is 12.0. The summed E-state index contributed by atoms with van der Waals surface area (Å²) in [5, 5.41) is 15.1. The lowest BCUT2D eigenvalue weighted by Gasteiger charge is -2.28. The molecule has 0 bridgehead atoms. The first-order valence-electron chi connectivity index (χ1n) is 6.54. The van der Waals surface area contributed by atoms with Crippen LogP contribution in [0.2, 0.25) is 10.0 Å². The minimum atomic E-state index is -1.30. The van der Waals surface area contributed by atoms with Crippen molar-refractivity contribution in [2.45, 2.75) is 39.2 Å². The average Bonchev–Trinajstić information content (AvgIpc) is 2.42. The Labute approximate surface area is 133 Å². The molecule has 0 aromatic heterocycles. The predicted octanol–water partition coefficient (Wildman–Crippen LogP) is 4.07. The molecular weight excluding hydrogens is 315 g/mol. The molecule has 0 aliphatic rings. The molecule has 2 amide bonds. The van der Waals surface area contributed by atoms with Crippen molar-refractivity contribution < 1.29 is 14.7 Å². The van der Waals surface area contributed by atoms with Gasteiger partial charge in [0.25, 0.3) is 0 Å². The molecule has 1 aromatic rings. The maximum absolute atomic E-state index is 12.0. The largest absolute Gasteiger partial charge is 0.480 e. The number of benzene rings is 1. The van der Waals surface area contributed by atoms with Crippen molar-refractivity contribution in [1.82, 2.24) is 5.32 Å². The second kappa shape index (κ2) is 7.00. The van der Waals surface area contributed by atoms with Gasteiger partial charge in [0, 0.05) is 5.02 Å². The Morgan fingerprint density at radius 2 is 1.76 bits per heavy atom. The van der Waals surface area contributed by atoms with Gasteiger partial charge in [-0.25, -0.2) is 9.59 Å². The Morgan fingerprint density at radius 1 is 1.19 bits per heavy atom. The molecule has 3 N–H and O–H groups in total. The summed E-state index contributed by atoms with van der Waals surface area (Å²) in [7, 11) is 0. The molecule has 1 aromatic carbocycles. The lowest BCUT2D eigenvalue weighted by molar-refractivity contribution is -0.144. The van der Waals surface area contributed by atoms with E-state index in [4.69, 9.17) is 23.2 Å². The van der Waals surface area contributed by atoms with Gasteiger partial charge in [0.05, 0.1) is 10.7 Å². The maximum Gasteiger partial charge on any atom is 0.329 e. The van der Waals surface area contributed by atoms with E-state index >= 15 is 0 Å². The Hall–Kier alpha value is -1.46. The zero-order chi connectivity index (χ0) is 16.2. The zero-order valence-corrected chi connectivity index (χ0v) is 13.6. The molecule has 0 spiro atoms. The summed E-state index contributed by atoms with van der Waals surface area (Å²) < 4.78 is 0. The Balaban J connectivity index is 2.92. The van der Waals surface area contributed by atoms with Gasteiger partial charge in [-0.2, -0.15) is 0 Å². The summed E-state index contributed by atoms with van der Waals surface area (Å²) in [6.45, 7) is 5.20. The molecule has 0 heterocycles. The van der Waals surface area contributed by atoms with E-state index in [1.54, 1.807) is 26.8 Å². The van der Waals surface area contributed by atoms with Crippen molar-refractivity contribution >= 4 is 40.9 Å². The minimum Gasteiger partial charge on any atom is -0.480 e. The third-order valence-corrected chi connectivity index (χ3v) is 4.19. The van der Waals surface area contributed by atoms with E-state index in [2.05, 4.69) is 10.6 Å². The number of nitrogens with one attached hydrogen (secondary N) is 2. The van der Waals surface area contributed by atoms with Crippen LogP contribution in [0.5, 0.6) is 0 Å². The third-order valence-electron chi connectivity index (χ3n) is 3.47. The van der Waals surface area contributed by atoms with Gasteiger partial charge in [0.2, 0.25) is 0 Å². The average molecular weight is 333 g/mol. The molecule has 0 unspecified atom stereocenters. The van der Waals surface area contributed by atoms with Gasteiger partial charge in [-0.3, -0.25) is 0 Å². The number of carbonyl (C=O) groups is 2. The van der Waals surface area contributed by atoms with E-state index < -0.39 is 17.5 Å². The number of carboxylic acids is 1. The first kappa shape index (κ1) is 17.6. The van der Waals surface area contributed by atoms with Crippen LogP contribution < -0.4 is 10.6 Å². The second-order valence-corrected chi connectivity index (χ2v) is 5.57. The number of rotatable bonds is 5. The molecule has 0 aliphatic carbocycles. The van der Waals surface area contributed by atoms with Gasteiger partial charge in [-0.1, -0.05) is 37.0 Å². The fourth-order valence-corrected chi connectivity index (χ4v) is 2.32. The third kappa shape index (κ3) is 4.02. The van der Waals surface area contributed by atoms with Crippen LogP contribution in [0.25, 0.3) is 0 Å². The molecule has 0 aliphatic heterocycles. The topological polar surface area (TPSA) is 78.4 Å². The first-order chi connectivity index (χ1) is 9.75. The highest BCUT2D eigenvalue weighted by Crippen LogP contribution is 2.29. The highest BCUT2D eigenvalue weighted by Gasteiger charge is 2.36. The summed E-state index contributed by atoms with van der Waals surface area (Å²) in [6, 6.07) is 2.52. The number of hydrogen-bond acceptors (Lipinski definition) is 2. The van der Waals surface area contributed by atoms with Crippen molar-refractivity contribution in [2.75, 3.05) is 5.32 Å².